The lowest BCUT2D eigenvalue weighted by Crippen LogP contribution is -2.32. The molecule has 7 nitrogen and oxygen atoms in total. The largest absolute Gasteiger partial charge is 0.449 e. The quantitative estimate of drug-likeness (QED) is 0.260. The molecule has 0 aliphatic carbocycles. The first kappa shape index (κ1) is 23.4. The molecule has 2 aromatic heterocycles. The maximum atomic E-state index is 12.9. The van der Waals surface area contributed by atoms with Gasteiger partial charge in [-0.25, -0.2) is 14.8 Å². The van der Waals surface area contributed by atoms with E-state index in [0.29, 0.717) is 22.6 Å². The summed E-state index contributed by atoms with van der Waals surface area (Å²) in [7, 11) is 0. The second kappa shape index (κ2) is 10.1. The number of esters is 1. The number of hydrogen-bond acceptors (Lipinski definition) is 6. The van der Waals surface area contributed by atoms with Crippen LogP contribution < -0.4 is 5.32 Å². The van der Waals surface area contributed by atoms with E-state index < -0.39 is 18.0 Å². The molecule has 1 amide bonds. The molecule has 8 heteroatoms. The van der Waals surface area contributed by atoms with Crippen LogP contribution in [0.3, 0.4) is 0 Å². The minimum atomic E-state index is -0.943. The Hall–Kier alpha value is -4.30. The van der Waals surface area contributed by atoms with Gasteiger partial charge in [-0.05, 0) is 31.5 Å². The predicted octanol–water partition coefficient (Wildman–Crippen LogP) is 6.24. The van der Waals surface area contributed by atoms with E-state index in [0.717, 1.165) is 28.2 Å². The summed E-state index contributed by atoms with van der Waals surface area (Å²) < 4.78 is 5.56. The summed E-state index contributed by atoms with van der Waals surface area (Å²) in [6.45, 7) is 3.82. The van der Waals surface area contributed by atoms with Crippen molar-refractivity contribution in [1.82, 2.24) is 15.0 Å². The number of carbonyl (C=O) groups excluding carboxylic acids is 2. The molecule has 0 radical (unpaired) electrons. The Kier molecular flexibility index (Phi) is 6.60. The average molecular weight is 497 g/mol. The smallest absolute Gasteiger partial charge is 0.338 e. The van der Waals surface area contributed by atoms with Gasteiger partial charge in [-0.2, -0.15) is 0 Å². The fraction of sp³-hybridized carbons (Fsp3) is 0.143. The lowest BCUT2D eigenvalue weighted by atomic mass is 10.1. The minimum absolute atomic E-state index is 0.332. The molecule has 5 rings (SSSR count). The van der Waals surface area contributed by atoms with Crippen LogP contribution >= 0.6 is 11.3 Å². The van der Waals surface area contributed by atoms with E-state index in [1.54, 1.807) is 25.1 Å². The summed E-state index contributed by atoms with van der Waals surface area (Å²) in [5, 5.41) is 5.12. The number of nitrogens with one attached hydrogen (secondary N) is 2. The molecule has 2 heterocycles. The van der Waals surface area contributed by atoms with Crippen molar-refractivity contribution in [2.45, 2.75) is 26.4 Å². The molecule has 0 saturated carbocycles. The second-order valence-electron chi connectivity index (χ2n) is 8.38. The fourth-order valence-electron chi connectivity index (χ4n) is 3.76. The molecule has 5 aromatic rings. The van der Waals surface area contributed by atoms with Crippen molar-refractivity contribution >= 4 is 39.4 Å². The molecule has 0 fully saturated rings. The minimum Gasteiger partial charge on any atom is -0.449 e. The summed E-state index contributed by atoms with van der Waals surface area (Å²) in [5.74, 6) is -0.269. The Labute approximate surface area is 212 Å². The van der Waals surface area contributed by atoms with Gasteiger partial charge in [0.2, 0.25) is 0 Å². The third kappa shape index (κ3) is 5.04. The van der Waals surface area contributed by atoms with E-state index >= 15 is 0 Å². The summed E-state index contributed by atoms with van der Waals surface area (Å²) in [6.07, 6.45) is -0.611. The van der Waals surface area contributed by atoms with Gasteiger partial charge in [0.1, 0.15) is 5.82 Å². The first-order chi connectivity index (χ1) is 17.5. The number of H-pyrrole nitrogens is 1. The lowest BCUT2D eigenvalue weighted by Gasteiger charge is -2.15. The molecule has 0 aliphatic rings. The number of benzene rings is 3. The van der Waals surface area contributed by atoms with E-state index in [4.69, 9.17) is 4.74 Å². The van der Waals surface area contributed by atoms with Crippen LogP contribution in [0.15, 0.2) is 78.2 Å². The molecule has 180 valence electrons. The van der Waals surface area contributed by atoms with E-state index in [-0.39, 0.29) is 0 Å². The van der Waals surface area contributed by atoms with Gasteiger partial charge in [-0.1, -0.05) is 67.1 Å². The van der Waals surface area contributed by atoms with Crippen molar-refractivity contribution in [1.29, 1.82) is 0 Å². The number of nitrogens with zero attached hydrogens (tertiary/aromatic N) is 2. The highest BCUT2D eigenvalue weighted by Gasteiger charge is 2.23. The Bertz CT molecular complexity index is 1520. The van der Waals surface area contributed by atoms with Crippen LogP contribution in [0.4, 0.5) is 5.13 Å². The van der Waals surface area contributed by atoms with Gasteiger partial charge in [0.15, 0.2) is 11.2 Å². The van der Waals surface area contributed by atoms with Gasteiger partial charge < -0.3 is 9.72 Å². The number of carbonyl (C=O) groups is 2. The van der Waals surface area contributed by atoms with E-state index in [2.05, 4.69) is 20.3 Å². The second-order valence-corrected chi connectivity index (χ2v) is 9.24. The zero-order chi connectivity index (χ0) is 25.1. The number of hydrogen-bond donors (Lipinski definition) is 2. The van der Waals surface area contributed by atoms with Crippen LogP contribution in [0.2, 0.25) is 0 Å². The standard InChI is InChI=1S/C28H24N4O3S/c1-3-24(26(33)32-28-31-23(16-36-28)18-11-9-17(2)10-12-18)35-27(34)20-13-14-21-22(15-20)30-25(29-21)19-7-5-4-6-8-19/h4-16,24H,3H2,1-2H3,(H,29,30)(H,31,32,33). The fourth-order valence-corrected chi connectivity index (χ4v) is 4.49. The van der Waals surface area contributed by atoms with Crippen LogP contribution in [0.1, 0.15) is 29.3 Å². The molecule has 3 aromatic carbocycles. The zero-order valence-corrected chi connectivity index (χ0v) is 20.6. The Morgan fingerprint density at radius 2 is 1.78 bits per heavy atom. The molecular formula is C28H24N4O3S. The third-order valence-corrected chi connectivity index (χ3v) is 6.52. The molecule has 2 N–H and O–H groups in total. The van der Waals surface area contributed by atoms with E-state index in [9.17, 15) is 9.59 Å². The highest BCUT2D eigenvalue weighted by atomic mass is 32.1. The van der Waals surface area contributed by atoms with Gasteiger partial charge in [0, 0.05) is 16.5 Å². The van der Waals surface area contributed by atoms with Crippen molar-refractivity contribution < 1.29 is 14.3 Å². The number of aryl methyl sites for hydroxylation is 1. The SMILES string of the molecule is CCC(OC(=O)c1ccc2nc(-c3ccccc3)[nH]c2c1)C(=O)Nc1nc(-c2ccc(C)cc2)cs1. The van der Waals surface area contributed by atoms with E-state index in [1.165, 1.54) is 16.9 Å². The molecule has 36 heavy (non-hydrogen) atoms. The van der Waals surface area contributed by atoms with Gasteiger partial charge in [-0.15, -0.1) is 11.3 Å². The normalized spacial score (nSPS) is 11.8. The van der Waals surface area contributed by atoms with Crippen molar-refractivity contribution in [2.24, 2.45) is 0 Å². The number of aromatic nitrogens is 3. The predicted molar refractivity (Wildman–Crippen MR) is 142 cm³/mol. The zero-order valence-electron chi connectivity index (χ0n) is 19.8. The monoisotopic (exact) mass is 496 g/mol. The maximum absolute atomic E-state index is 12.9. The van der Waals surface area contributed by atoms with Crippen LogP contribution in [-0.2, 0) is 9.53 Å². The molecule has 0 bridgehead atoms. The maximum Gasteiger partial charge on any atom is 0.338 e. The van der Waals surface area contributed by atoms with Crippen LogP contribution in [0.25, 0.3) is 33.7 Å². The summed E-state index contributed by atoms with van der Waals surface area (Å²) in [4.78, 5) is 38.0. The number of ether oxygens (including phenoxy) is 1. The topological polar surface area (TPSA) is 97.0 Å². The Morgan fingerprint density at radius 3 is 2.53 bits per heavy atom. The third-order valence-electron chi connectivity index (χ3n) is 5.76. The molecule has 1 unspecified atom stereocenters. The molecule has 1 atom stereocenters. The first-order valence-corrected chi connectivity index (χ1v) is 12.5. The van der Waals surface area contributed by atoms with Crippen LogP contribution in [0.5, 0.6) is 0 Å². The first-order valence-electron chi connectivity index (χ1n) is 11.6. The van der Waals surface area contributed by atoms with Gasteiger partial charge in [0.25, 0.3) is 5.91 Å². The number of fused-ring (bicyclic) bond motifs is 1. The highest BCUT2D eigenvalue weighted by molar-refractivity contribution is 7.14. The van der Waals surface area contributed by atoms with Gasteiger partial charge in [-0.3, -0.25) is 10.1 Å². The van der Waals surface area contributed by atoms with Gasteiger partial charge >= 0.3 is 5.97 Å². The van der Waals surface area contributed by atoms with Crippen LogP contribution in [0, 0.1) is 6.92 Å². The molecule has 0 aliphatic heterocycles. The number of thiazole rings is 1. The number of aromatic amines is 1. The molecular weight excluding hydrogens is 472 g/mol. The van der Waals surface area contributed by atoms with Crippen molar-refractivity contribution in [3.8, 4) is 22.6 Å². The van der Waals surface area contributed by atoms with Gasteiger partial charge in [0.05, 0.1) is 22.3 Å². The Balaban J connectivity index is 1.26. The molecule has 0 saturated heterocycles. The van der Waals surface area contributed by atoms with Crippen molar-refractivity contribution in [2.75, 3.05) is 5.32 Å². The Morgan fingerprint density at radius 1 is 1.00 bits per heavy atom. The van der Waals surface area contributed by atoms with E-state index in [1.807, 2.05) is 66.9 Å². The molecule has 0 spiro atoms. The summed E-state index contributed by atoms with van der Waals surface area (Å²) >= 11 is 1.33. The average Bonchev–Trinajstić information content (AvgIpc) is 3.54. The number of imidazole rings is 1. The lowest BCUT2D eigenvalue weighted by molar-refractivity contribution is -0.124. The van der Waals surface area contributed by atoms with Crippen molar-refractivity contribution in [3.63, 3.8) is 0 Å². The number of rotatable bonds is 7. The van der Waals surface area contributed by atoms with Crippen LogP contribution in [-0.4, -0.2) is 32.9 Å². The van der Waals surface area contributed by atoms with Crippen molar-refractivity contribution in [3.05, 3.63) is 89.3 Å². The number of anilines is 1. The number of amides is 1. The highest BCUT2D eigenvalue weighted by Crippen LogP contribution is 2.26. The summed E-state index contributed by atoms with van der Waals surface area (Å²) in [6, 6.07) is 22.9. The summed E-state index contributed by atoms with van der Waals surface area (Å²) in [5.41, 5.74) is 5.67.